The lowest BCUT2D eigenvalue weighted by atomic mass is 10.1. The van der Waals surface area contributed by atoms with Crippen molar-refractivity contribution >= 4 is 18.3 Å². The number of hydrogen-bond donors (Lipinski definition) is 2. The summed E-state index contributed by atoms with van der Waals surface area (Å²) >= 11 is 0. The van der Waals surface area contributed by atoms with Gasteiger partial charge in [0.2, 0.25) is 5.91 Å². The molecular formula is C20H25ClN2O3. The molecule has 0 heterocycles. The van der Waals surface area contributed by atoms with E-state index in [4.69, 9.17) is 15.2 Å². The molecule has 0 bridgehead atoms. The van der Waals surface area contributed by atoms with Crippen LogP contribution in [-0.2, 0) is 11.3 Å². The molecule has 2 unspecified atom stereocenters. The third-order valence-electron chi connectivity index (χ3n) is 4.53. The van der Waals surface area contributed by atoms with Gasteiger partial charge in [-0.15, -0.1) is 12.4 Å². The van der Waals surface area contributed by atoms with Gasteiger partial charge < -0.3 is 20.5 Å². The molecule has 0 spiro atoms. The number of para-hydroxylation sites is 2. The van der Waals surface area contributed by atoms with Crippen LogP contribution in [0.4, 0.5) is 0 Å². The van der Waals surface area contributed by atoms with Crippen molar-refractivity contribution in [1.29, 1.82) is 0 Å². The van der Waals surface area contributed by atoms with Gasteiger partial charge in [0, 0.05) is 18.5 Å². The number of nitrogens with two attached hydrogens (primary N) is 1. The second-order valence-electron chi connectivity index (χ2n) is 6.38. The Morgan fingerprint density at radius 3 is 2.42 bits per heavy atom. The van der Waals surface area contributed by atoms with Crippen LogP contribution >= 0.6 is 12.4 Å². The third kappa shape index (κ3) is 5.13. The van der Waals surface area contributed by atoms with Crippen LogP contribution in [0.15, 0.2) is 48.5 Å². The van der Waals surface area contributed by atoms with E-state index in [2.05, 4.69) is 5.32 Å². The molecule has 0 radical (unpaired) electrons. The number of benzene rings is 2. The van der Waals surface area contributed by atoms with Crippen molar-refractivity contribution in [1.82, 2.24) is 5.32 Å². The fourth-order valence-electron chi connectivity index (χ4n) is 3.09. The number of halogens is 1. The maximum absolute atomic E-state index is 12.1. The summed E-state index contributed by atoms with van der Waals surface area (Å²) in [5.74, 6) is 2.24. The quantitative estimate of drug-likeness (QED) is 0.807. The SMILES string of the molecule is COc1ccccc1Oc1ccc(CNC(=O)C2CCC(N)C2)cc1.Cl. The monoisotopic (exact) mass is 376 g/mol. The average molecular weight is 377 g/mol. The van der Waals surface area contributed by atoms with Crippen LogP contribution in [0.5, 0.6) is 17.2 Å². The summed E-state index contributed by atoms with van der Waals surface area (Å²) in [7, 11) is 1.62. The second-order valence-corrected chi connectivity index (χ2v) is 6.38. The van der Waals surface area contributed by atoms with Gasteiger partial charge in [0.15, 0.2) is 11.5 Å². The van der Waals surface area contributed by atoms with E-state index < -0.39 is 0 Å². The Hall–Kier alpha value is -2.24. The van der Waals surface area contributed by atoms with Crippen LogP contribution < -0.4 is 20.5 Å². The van der Waals surface area contributed by atoms with Gasteiger partial charge in [-0.3, -0.25) is 4.79 Å². The van der Waals surface area contributed by atoms with E-state index in [1.165, 1.54) is 0 Å². The van der Waals surface area contributed by atoms with E-state index in [0.717, 1.165) is 30.6 Å². The standard InChI is InChI=1S/C20H24N2O3.ClH/c1-24-18-4-2-3-5-19(18)25-17-10-6-14(7-11-17)13-22-20(23)15-8-9-16(21)12-15;/h2-7,10-11,15-16H,8-9,12-13,21H2,1H3,(H,22,23);1H. The van der Waals surface area contributed by atoms with E-state index in [1.807, 2.05) is 48.5 Å². The highest BCUT2D eigenvalue weighted by Crippen LogP contribution is 2.31. The Balaban J connectivity index is 0.00000243. The first-order chi connectivity index (χ1) is 12.2. The van der Waals surface area contributed by atoms with E-state index >= 15 is 0 Å². The summed E-state index contributed by atoms with van der Waals surface area (Å²) in [6.45, 7) is 0.513. The Bertz CT molecular complexity index is 721. The molecule has 5 nitrogen and oxygen atoms in total. The summed E-state index contributed by atoms with van der Waals surface area (Å²) in [5, 5.41) is 2.99. The molecule has 3 N–H and O–H groups in total. The van der Waals surface area contributed by atoms with Crippen molar-refractivity contribution < 1.29 is 14.3 Å². The molecule has 0 saturated heterocycles. The Morgan fingerprint density at radius 2 is 1.81 bits per heavy atom. The zero-order chi connectivity index (χ0) is 17.6. The minimum atomic E-state index is 0. The molecule has 2 aromatic rings. The molecule has 6 heteroatoms. The smallest absolute Gasteiger partial charge is 0.223 e. The molecule has 0 aromatic heterocycles. The number of rotatable bonds is 6. The van der Waals surface area contributed by atoms with Crippen molar-refractivity contribution in [3.05, 3.63) is 54.1 Å². The van der Waals surface area contributed by atoms with Crippen LogP contribution in [0, 0.1) is 5.92 Å². The highest BCUT2D eigenvalue weighted by molar-refractivity contribution is 5.85. The van der Waals surface area contributed by atoms with Gasteiger partial charge in [0.1, 0.15) is 5.75 Å². The number of carbonyl (C=O) groups excluding carboxylic acids is 1. The van der Waals surface area contributed by atoms with E-state index in [-0.39, 0.29) is 30.3 Å². The third-order valence-corrected chi connectivity index (χ3v) is 4.53. The van der Waals surface area contributed by atoms with Gasteiger partial charge in [-0.05, 0) is 49.1 Å². The van der Waals surface area contributed by atoms with Gasteiger partial charge in [-0.2, -0.15) is 0 Å². The zero-order valence-corrected chi connectivity index (χ0v) is 15.6. The van der Waals surface area contributed by atoms with Crippen LogP contribution in [0.1, 0.15) is 24.8 Å². The molecule has 3 rings (SSSR count). The molecule has 1 fully saturated rings. The first-order valence-corrected chi connectivity index (χ1v) is 8.59. The molecule has 26 heavy (non-hydrogen) atoms. The second kappa shape index (κ2) is 9.46. The number of methoxy groups -OCH3 is 1. The Kier molecular flexibility index (Phi) is 7.30. The van der Waals surface area contributed by atoms with E-state index in [1.54, 1.807) is 7.11 Å². The summed E-state index contributed by atoms with van der Waals surface area (Å²) in [4.78, 5) is 12.1. The number of ether oxygens (including phenoxy) is 2. The molecule has 1 aliphatic rings. The van der Waals surface area contributed by atoms with Crippen LogP contribution in [0.3, 0.4) is 0 Å². The first-order valence-electron chi connectivity index (χ1n) is 8.59. The lowest BCUT2D eigenvalue weighted by molar-refractivity contribution is -0.125. The lowest BCUT2D eigenvalue weighted by Gasteiger charge is -2.12. The summed E-state index contributed by atoms with van der Waals surface area (Å²) in [6, 6.07) is 15.4. The van der Waals surface area contributed by atoms with Gasteiger partial charge in [0.25, 0.3) is 0 Å². The van der Waals surface area contributed by atoms with Gasteiger partial charge >= 0.3 is 0 Å². The largest absolute Gasteiger partial charge is 0.493 e. The predicted octanol–water partition coefficient (Wildman–Crippen LogP) is 3.65. The van der Waals surface area contributed by atoms with Crippen molar-refractivity contribution in [3.63, 3.8) is 0 Å². The maximum atomic E-state index is 12.1. The van der Waals surface area contributed by atoms with Gasteiger partial charge in [-0.25, -0.2) is 0 Å². The van der Waals surface area contributed by atoms with Crippen LogP contribution in [0.25, 0.3) is 0 Å². The molecule has 1 aliphatic carbocycles. The number of nitrogens with one attached hydrogen (secondary N) is 1. The predicted molar refractivity (Wildman–Crippen MR) is 104 cm³/mol. The molecule has 1 saturated carbocycles. The molecule has 0 aliphatic heterocycles. The van der Waals surface area contributed by atoms with E-state index in [9.17, 15) is 4.79 Å². The Morgan fingerprint density at radius 1 is 1.12 bits per heavy atom. The number of amides is 1. The average Bonchev–Trinajstić information content (AvgIpc) is 3.08. The zero-order valence-electron chi connectivity index (χ0n) is 14.8. The minimum absolute atomic E-state index is 0. The molecular weight excluding hydrogens is 352 g/mol. The summed E-state index contributed by atoms with van der Waals surface area (Å²) in [5.41, 5.74) is 6.90. The molecule has 2 atom stereocenters. The molecule has 2 aromatic carbocycles. The fraction of sp³-hybridized carbons (Fsp3) is 0.350. The lowest BCUT2D eigenvalue weighted by Crippen LogP contribution is -2.29. The van der Waals surface area contributed by atoms with Gasteiger partial charge in [0.05, 0.1) is 7.11 Å². The highest BCUT2D eigenvalue weighted by atomic mass is 35.5. The summed E-state index contributed by atoms with van der Waals surface area (Å²) in [6.07, 6.45) is 2.61. The van der Waals surface area contributed by atoms with E-state index in [0.29, 0.717) is 18.0 Å². The van der Waals surface area contributed by atoms with Gasteiger partial charge in [-0.1, -0.05) is 24.3 Å². The molecule has 140 valence electrons. The van der Waals surface area contributed by atoms with Crippen LogP contribution in [-0.4, -0.2) is 19.1 Å². The molecule has 1 amide bonds. The minimum Gasteiger partial charge on any atom is -0.493 e. The highest BCUT2D eigenvalue weighted by Gasteiger charge is 2.27. The summed E-state index contributed by atoms with van der Waals surface area (Å²) < 4.78 is 11.1. The van der Waals surface area contributed by atoms with Crippen LogP contribution in [0.2, 0.25) is 0 Å². The Labute approximate surface area is 160 Å². The first kappa shape index (κ1) is 20.1. The normalized spacial score (nSPS) is 18.7. The van der Waals surface area contributed by atoms with Crippen molar-refractivity contribution in [2.45, 2.75) is 31.8 Å². The maximum Gasteiger partial charge on any atom is 0.223 e. The van der Waals surface area contributed by atoms with Crippen molar-refractivity contribution in [3.8, 4) is 17.2 Å². The topological polar surface area (TPSA) is 73.6 Å². The number of hydrogen-bond acceptors (Lipinski definition) is 4. The van der Waals surface area contributed by atoms with Crippen molar-refractivity contribution in [2.75, 3.05) is 7.11 Å². The fourth-order valence-corrected chi connectivity index (χ4v) is 3.09. The number of carbonyl (C=O) groups is 1. The van der Waals surface area contributed by atoms with Crippen molar-refractivity contribution in [2.24, 2.45) is 11.7 Å².